The van der Waals surface area contributed by atoms with E-state index in [0.29, 0.717) is 12.3 Å². The highest BCUT2D eigenvalue weighted by atomic mass is 16.2. The minimum absolute atomic E-state index is 0.00106. The van der Waals surface area contributed by atoms with Crippen LogP contribution in [0.15, 0.2) is 0 Å². The van der Waals surface area contributed by atoms with Crippen LogP contribution in [-0.4, -0.2) is 30.9 Å². The van der Waals surface area contributed by atoms with Gasteiger partial charge >= 0.3 is 0 Å². The number of nitrogens with two attached hydrogens (primary N) is 1. The summed E-state index contributed by atoms with van der Waals surface area (Å²) >= 11 is 0. The largest absolute Gasteiger partial charge is 0.357 e. The molecule has 0 aliphatic heterocycles. The summed E-state index contributed by atoms with van der Waals surface area (Å²) in [7, 11) is 1.60. The van der Waals surface area contributed by atoms with Crippen molar-refractivity contribution in [2.45, 2.75) is 58.0 Å². The maximum atomic E-state index is 12.2. The first-order valence-electron chi connectivity index (χ1n) is 7.21. The Kier molecular flexibility index (Phi) is 6.28. The van der Waals surface area contributed by atoms with Gasteiger partial charge in [0.2, 0.25) is 11.8 Å². The zero-order chi connectivity index (χ0) is 14.4. The fourth-order valence-electron chi connectivity index (χ4n) is 2.55. The molecule has 4 N–H and O–H groups in total. The van der Waals surface area contributed by atoms with Gasteiger partial charge in [-0.25, -0.2) is 0 Å². The third kappa shape index (κ3) is 5.19. The van der Waals surface area contributed by atoms with Gasteiger partial charge in [-0.15, -0.1) is 0 Å². The Bertz CT molecular complexity index is 310. The predicted molar refractivity (Wildman–Crippen MR) is 75.4 cm³/mol. The normalized spacial score (nSPS) is 24.9. The minimum Gasteiger partial charge on any atom is -0.357 e. The van der Waals surface area contributed by atoms with Crippen LogP contribution < -0.4 is 16.4 Å². The van der Waals surface area contributed by atoms with Gasteiger partial charge in [0.05, 0.1) is 0 Å². The van der Waals surface area contributed by atoms with E-state index in [-0.39, 0.29) is 23.8 Å². The highest BCUT2D eigenvalue weighted by Gasteiger charge is 2.28. The van der Waals surface area contributed by atoms with E-state index < -0.39 is 6.04 Å². The summed E-state index contributed by atoms with van der Waals surface area (Å²) in [5.74, 6) is 0.261. The van der Waals surface area contributed by atoms with Crippen LogP contribution in [0.4, 0.5) is 0 Å². The molecular weight excluding hydrogens is 242 g/mol. The van der Waals surface area contributed by atoms with E-state index in [9.17, 15) is 9.59 Å². The van der Waals surface area contributed by atoms with Crippen molar-refractivity contribution in [3.8, 4) is 0 Å². The maximum absolute atomic E-state index is 12.2. The second-order valence-electron chi connectivity index (χ2n) is 5.92. The summed E-state index contributed by atoms with van der Waals surface area (Å²) in [5.41, 5.74) is 5.84. The lowest BCUT2D eigenvalue weighted by Gasteiger charge is -2.27. The molecule has 0 bridgehead atoms. The fourth-order valence-corrected chi connectivity index (χ4v) is 2.55. The third-order valence-corrected chi connectivity index (χ3v) is 3.73. The number of carbonyl (C=O) groups excluding carboxylic acids is 2. The lowest BCUT2D eigenvalue weighted by atomic mass is 9.85. The van der Waals surface area contributed by atoms with Crippen LogP contribution in [0.2, 0.25) is 0 Å². The Hall–Kier alpha value is -1.10. The van der Waals surface area contributed by atoms with Crippen LogP contribution in [0.3, 0.4) is 0 Å². The monoisotopic (exact) mass is 269 g/mol. The predicted octanol–water partition coefficient (Wildman–Crippen LogP) is 0.781. The van der Waals surface area contributed by atoms with Gasteiger partial charge in [-0.3, -0.25) is 9.59 Å². The number of nitrogens with one attached hydrogen (secondary N) is 2. The molecule has 0 saturated heterocycles. The number of hydrogen-bond acceptors (Lipinski definition) is 3. The van der Waals surface area contributed by atoms with Gasteiger partial charge in [-0.2, -0.15) is 0 Å². The molecule has 0 radical (unpaired) electrons. The first-order valence-corrected chi connectivity index (χ1v) is 7.21. The maximum Gasteiger partial charge on any atom is 0.242 e. The second-order valence-corrected chi connectivity index (χ2v) is 5.92. The summed E-state index contributed by atoms with van der Waals surface area (Å²) in [6, 6.07) is -0.192. The summed E-state index contributed by atoms with van der Waals surface area (Å²) in [5, 5.41) is 5.50. The van der Waals surface area contributed by atoms with E-state index >= 15 is 0 Å². The van der Waals surface area contributed by atoms with Gasteiger partial charge in [-0.1, -0.05) is 13.8 Å². The highest BCUT2D eigenvalue weighted by molar-refractivity contribution is 5.88. The van der Waals surface area contributed by atoms with Gasteiger partial charge in [0, 0.05) is 19.0 Å². The summed E-state index contributed by atoms with van der Waals surface area (Å²) in [6.45, 7) is 4.09. The van der Waals surface area contributed by atoms with Gasteiger partial charge in [0.25, 0.3) is 0 Å². The molecule has 110 valence electrons. The van der Waals surface area contributed by atoms with E-state index in [1.165, 1.54) is 0 Å². The number of carbonyl (C=O) groups is 2. The fraction of sp³-hybridized carbons (Fsp3) is 0.857. The van der Waals surface area contributed by atoms with Crippen LogP contribution in [-0.2, 0) is 9.59 Å². The van der Waals surface area contributed by atoms with Crippen molar-refractivity contribution in [3.63, 3.8) is 0 Å². The van der Waals surface area contributed by atoms with E-state index in [4.69, 9.17) is 5.73 Å². The third-order valence-electron chi connectivity index (χ3n) is 3.73. The zero-order valence-electron chi connectivity index (χ0n) is 12.2. The summed E-state index contributed by atoms with van der Waals surface area (Å²) in [4.78, 5) is 24.0. The van der Waals surface area contributed by atoms with Crippen molar-refractivity contribution >= 4 is 11.8 Å². The smallest absolute Gasteiger partial charge is 0.242 e. The molecule has 1 rings (SSSR count). The van der Waals surface area contributed by atoms with Crippen LogP contribution >= 0.6 is 0 Å². The molecule has 0 aromatic heterocycles. The summed E-state index contributed by atoms with van der Waals surface area (Å²) in [6.07, 6.45) is 4.11. The lowest BCUT2D eigenvalue weighted by Crippen LogP contribution is -2.49. The lowest BCUT2D eigenvalue weighted by molar-refractivity contribution is -0.131. The Labute approximate surface area is 115 Å². The molecule has 19 heavy (non-hydrogen) atoms. The Balaban J connectivity index is 2.53. The topological polar surface area (TPSA) is 84.2 Å². The van der Waals surface area contributed by atoms with Crippen LogP contribution in [0.1, 0.15) is 46.0 Å². The molecule has 1 aliphatic carbocycles. The second kappa shape index (κ2) is 7.48. The van der Waals surface area contributed by atoms with E-state index in [1.54, 1.807) is 7.05 Å². The van der Waals surface area contributed by atoms with Crippen molar-refractivity contribution in [2.75, 3.05) is 7.05 Å². The first-order chi connectivity index (χ1) is 8.93. The molecule has 2 amide bonds. The van der Waals surface area contributed by atoms with Gasteiger partial charge in [0.1, 0.15) is 6.04 Å². The Morgan fingerprint density at radius 2 is 1.79 bits per heavy atom. The van der Waals surface area contributed by atoms with Gasteiger partial charge < -0.3 is 16.4 Å². The molecule has 1 unspecified atom stereocenters. The molecule has 1 saturated carbocycles. The van der Waals surface area contributed by atoms with Crippen molar-refractivity contribution in [1.29, 1.82) is 0 Å². The average molecular weight is 269 g/mol. The highest BCUT2D eigenvalue weighted by Crippen LogP contribution is 2.23. The average Bonchev–Trinajstić information content (AvgIpc) is 2.37. The van der Waals surface area contributed by atoms with E-state index in [1.807, 2.05) is 13.8 Å². The summed E-state index contributed by atoms with van der Waals surface area (Å²) < 4.78 is 0. The Morgan fingerprint density at radius 1 is 1.21 bits per heavy atom. The Morgan fingerprint density at radius 3 is 2.26 bits per heavy atom. The number of likely N-dealkylation sites (N-methyl/N-ethyl adjacent to an activating group) is 1. The van der Waals surface area contributed by atoms with Crippen LogP contribution in [0, 0.1) is 11.8 Å². The molecule has 5 heteroatoms. The van der Waals surface area contributed by atoms with Crippen molar-refractivity contribution in [1.82, 2.24) is 10.6 Å². The van der Waals surface area contributed by atoms with E-state index in [2.05, 4.69) is 10.6 Å². The zero-order valence-corrected chi connectivity index (χ0v) is 12.2. The molecular formula is C14H27N3O2. The molecule has 5 nitrogen and oxygen atoms in total. The van der Waals surface area contributed by atoms with E-state index in [0.717, 1.165) is 25.7 Å². The van der Waals surface area contributed by atoms with Crippen LogP contribution in [0.5, 0.6) is 0 Å². The molecule has 1 atom stereocenters. The molecule has 1 fully saturated rings. The van der Waals surface area contributed by atoms with Gasteiger partial charge in [-0.05, 0) is 38.0 Å². The quantitative estimate of drug-likeness (QED) is 0.689. The molecule has 1 aliphatic rings. The van der Waals surface area contributed by atoms with Gasteiger partial charge in [0.15, 0.2) is 0 Å². The molecule has 0 spiro atoms. The van der Waals surface area contributed by atoms with Crippen molar-refractivity contribution in [2.24, 2.45) is 17.6 Å². The number of amides is 2. The SMILES string of the molecule is CNC(=O)C(CC(C)C)NC(=O)C1CCC(N)CC1. The number of hydrogen-bond donors (Lipinski definition) is 3. The molecule has 0 aromatic carbocycles. The minimum atomic E-state index is -0.423. The molecule has 0 aromatic rings. The van der Waals surface area contributed by atoms with Crippen LogP contribution in [0.25, 0.3) is 0 Å². The van der Waals surface area contributed by atoms with Crippen molar-refractivity contribution in [3.05, 3.63) is 0 Å². The molecule has 0 heterocycles. The first kappa shape index (κ1) is 16.0. The van der Waals surface area contributed by atoms with Crippen molar-refractivity contribution < 1.29 is 9.59 Å². The standard InChI is InChI=1S/C14H27N3O2/c1-9(2)8-12(14(19)16-3)17-13(18)10-4-6-11(15)7-5-10/h9-12H,4-8,15H2,1-3H3,(H,16,19)(H,17,18). The number of rotatable bonds is 5.